The molecular weight excluding hydrogens is 510 g/mol. The van der Waals surface area contributed by atoms with E-state index in [1.54, 1.807) is 36.4 Å². The molecule has 0 aromatic heterocycles. The second-order valence-corrected chi connectivity index (χ2v) is 8.18. The molecule has 0 heterocycles. The summed E-state index contributed by atoms with van der Waals surface area (Å²) >= 11 is 7.03. The summed E-state index contributed by atoms with van der Waals surface area (Å²) < 4.78 is 7.66. The molecule has 0 radical (unpaired) electrons. The molecule has 3 aromatic carbocycles. The highest BCUT2D eigenvalue weighted by molar-refractivity contribution is 9.11. The van der Waals surface area contributed by atoms with Gasteiger partial charge in [0, 0.05) is 5.56 Å². The third-order valence-electron chi connectivity index (χ3n) is 4.16. The first-order valence-electron chi connectivity index (χ1n) is 8.97. The van der Waals surface area contributed by atoms with Crippen LogP contribution in [0.1, 0.15) is 32.6 Å². The Morgan fingerprint density at radius 2 is 1.73 bits per heavy atom. The van der Waals surface area contributed by atoms with Gasteiger partial charge in [-0.15, -0.1) is 0 Å². The van der Waals surface area contributed by atoms with Gasteiger partial charge in [-0.05, 0) is 91.9 Å². The summed E-state index contributed by atoms with van der Waals surface area (Å²) in [5, 5.41) is 12.8. The Kier molecular flexibility index (Phi) is 7.39. The van der Waals surface area contributed by atoms with Crippen LogP contribution in [0.4, 0.5) is 0 Å². The molecule has 0 unspecified atom stereocenters. The molecule has 0 aliphatic rings. The molecule has 30 heavy (non-hydrogen) atoms. The second kappa shape index (κ2) is 10.2. The Morgan fingerprint density at radius 3 is 2.33 bits per heavy atom. The Labute approximate surface area is 191 Å². The van der Waals surface area contributed by atoms with E-state index in [9.17, 15) is 4.79 Å². The van der Waals surface area contributed by atoms with Gasteiger partial charge >= 0.3 is 0 Å². The maximum Gasteiger partial charge on any atom is 0.271 e. The van der Waals surface area contributed by atoms with Gasteiger partial charge < -0.3 is 4.74 Å². The van der Waals surface area contributed by atoms with Crippen LogP contribution in [0.25, 0.3) is 0 Å². The number of nitriles is 1. The molecule has 0 spiro atoms. The highest BCUT2D eigenvalue weighted by atomic mass is 79.9. The smallest absolute Gasteiger partial charge is 0.271 e. The molecule has 5 nitrogen and oxygen atoms in total. The fourth-order valence-electron chi connectivity index (χ4n) is 2.61. The van der Waals surface area contributed by atoms with Crippen molar-refractivity contribution in [3.8, 4) is 11.8 Å². The molecular formula is C23H17Br2N3O2. The van der Waals surface area contributed by atoms with E-state index in [2.05, 4.69) is 48.5 Å². The van der Waals surface area contributed by atoms with E-state index in [1.165, 1.54) is 6.21 Å². The standard InChI is InChI=1S/C23H17Br2N3O2/c1-15-10-20(24)22(21(25)11-15)30-14-18-6-8-19(9-7-18)23(29)28-27-13-17-4-2-16(12-26)3-5-17/h2-11,13H,14H2,1H3,(H,28,29)/b27-13+. The number of carbonyl (C=O) groups excluding carboxylic acids is 1. The number of amides is 1. The summed E-state index contributed by atoms with van der Waals surface area (Å²) in [6.07, 6.45) is 1.53. The molecule has 3 rings (SSSR count). The summed E-state index contributed by atoms with van der Waals surface area (Å²) in [4.78, 5) is 12.2. The van der Waals surface area contributed by atoms with Crippen molar-refractivity contribution >= 4 is 44.0 Å². The molecule has 150 valence electrons. The number of hydrogen-bond donors (Lipinski definition) is 1. The number of nitrogens with one attached hydrogen (secondary N) is 1. The zero-order valence-corrected chi connectivity index (χ0v) is 19.2. The molecule has 1 N–H and O–H groups in total. The summed E-state index contributed by atoms with van der Waals surface area (Å²) in [6.45, 7) is 2.39. The van der Waals surface area contributed by atoms with Gasteiger partial charge in [0.15, 0.2) is 0 Å². The van der Waals surface area contributed by atoms with E-state index in [4.69, 9.17) is 10.00 Å². The Bertz CT molecular complexity index is 1100. The van der Waals surface area contributed by atoms with Gasteiger partial charge in [-0.1, -0.05) is 24.3 Å². The van der Waals surface area contributed by atoms with Gasteiger partial charge in [0.1, 0.15) is 12.4 Å². The van der Waals surface area contributed by atoms with Crippen molar-refractivity contribution < 1.29 is 9.53 Å². The van der Waals surface area contributed by atoms with Crippen LogP contribution < -0.4 is 10.2 Å². The molecule has 7 heteroatoms. The van der Waals surface area contributed by atoms with Crippen molar-refractivity contribution in [2.24, 2.45) is 5.10 Å². The van der Waals surface area contributed by atoms with Crippen molar-refractivity contribution in [1.29, 1.82) is 5.26 Å². The minimum atomic E-state index is -0.309. The maximum atomic E-state index is 12.2. The summed E-state index contributed by atoms with van der Waals surface area (Å²) in [5.74, 6) is 0.427. The number of hydrazone groups is 1. The number of carbonyl (C=O) groups is 1. The molecule has 3 aromatic rings. The van der Waals surface area contributed by atoms with Crippen molar-refractivity contribution in [1.82, 2.24) is 5.43 Å². The SMILES string of the molecule is Cc1cc(Br)c(OCc2ccc(C(=O)N/N=C/c3ccc(C#N)cc3)cc2)c(Br)c1. The van der Waals surface area contributed by atoms with E-state index < -0.39 is 0 Å². The molecule has 0 bridgehead atoms. The largest absolute Gasteiger partial charge is 0.487 e. The number of nitrogens with zero attached hydrogens (tertiary/aromatic N) is 2. The number of ether oxygens (including phenoxy) is 1. The monoisotopic (exact) mass is 525 g/mol. The first-order valence-corrected chi connectivity index (χ1v) is 10.6. The summed E-state index contributed by atoms with van der Waals surface area (Å²) in [6, 6.07) is 20.1. The van der Waals surface area contributed by atoms with Gasteiger partial charge in [-0.2, -0.15) is 10.4 Å². The topological polar surface area (TPSA) is 74.5 Å². The van der Waals surface area contributed by atoms with E-state index in [-0.39, 0.29) is 5.91 Å². The van der Waals surface area contributed by atoms with E-state index in [0.717, 1.165) is 31.4 Å². The molecule has 0 aliphatic carbocycles. The van der Waals surface area contributed by atoms with Crippen LogP contribution >= 0.6 is 31.9 Å². The van der Waals surface area contributed by atoms with Crippen molar-refractivity contribution in [2.75, 3.05) is 0 Å². The zero-order valence-electron chi connectivity index (χ0n) is 16.0. The highest BCUT2D eigenvalue weighted by Gasteiger charge is 2.09. The van der Waals surface area contributed by atoms with Gasteiger partial charge in [-0.3, -0.25) is 4.79 Å². The van der Waals surface area contributed by atoms with Crippen LogP contribution in [0.2, 0.25) is 0 Å². The quantitative estimate of drug-likeness (QED) is 0.329. The van der Waals surface area contributed by atoms with E-state index >= 15 is 0 Å². The second-order valence-electron chi connectivity index (χ2n) is 6.48. The zero-order chi connectivity index (χ0) is 21.5. The van der Waals surface area contributed by atoms with Crippen LogP contribution in [0.15, 0.2) is 74.7 Å². The summed E-state index contributed by atoms with van der Waals surface area (Å²) in [5.41, 5.74) is 6.41. The molecule has 0 saturated heterocycles. The third kappa shape index (κ3) is 5.78. The average Bonchev–Trinajstić information content (AvgIpc) is 2.74. The van der Waals surface area contributed by atoms with E-state index in [0.29, 0.717) is 17.7 Å². The highest BCUT2D eigenvalue weighted by Crippen LogP contribution is 2.35. The molecule has 0 aliphatic heterocycles. The fraction of sp³-hybridized carbons (Fsp3) is 0.0870. The number of benzene rings is 3. The number of halogens is 2. The minimum Gasteiger partial charge on any atom is -0.487 e. The lowest BCUT2D eigenvalue weighted by atomic mass is 10.1. The maximum absolute atomic E-state index is 12.2. The number of hydrogen-bond acceptors (Lipinski definition) is 4. The molecule has 0 atom stereocenters. The fourth-order valence-corrected chi connectivity index (χ4v) is 4.25. The van der Waals surface area contributed by atoms with Crippen molar-refractivity contribution in [3.63, 3.8) is 0 Å². The van der Waals surface area contributed by atoms with Crippen LogP contribution in [0, 0.1) is 18.3 Å². The van der Waals surface area contributed by atoms with Crippen LogP contribution in [0.5, 0.6) is 5.75 Å². The molecule has 0 saturated carbocycles. The Balaban J connectivity index is 1.56. The van der Waals surface area contributed by atoms with Crippen molar-refractivity contribution in [2.45, 2.75) is 13.5 Å². The first-order chi connectivity index (χ1) is 14.5. The van der Waals surface area contributed by atoms with Crippen molar-refractivity contribution in [3.05, 3.63) is 97.4 Å². The van der Waals surface area contributed by atoms with Gasteiger partial charge in [0.25, 0.3) is 5.91 Å². The Morgan fingerprint density at radius 1 is 1.10 bits per heavy atom. The third-order valence-corrected chi connectivity index (χ3v) is 5.34. The number of rotatable bonds is 6. The average molecular weight is 527 g/mol. The first kappa shape index (κ1) is 21.8. The molecule has 1 amide bonds. The minimum absolute atomic E-state index is 0.309. The predicted octanol–water partition coefficient (Wildman–Crippen LogP) is 5.73. The summed E-state index contributed by atoms with van der Waals surface area (Å²) in [7, 11) is 0. The normalized spacial score (nSPS) is 10.6. The Hall–Kier alpha value is -2.95. The lowest BCUT2D eigenvalue weighted by Gasteiger charge is -2.11. The number of aryl methyl sites for hydroxylation is 1. The van der Waals surface area contributed by atoms with Gasteiger partial charge in [0.2, 0.25) is 0 Å². The predicted molar refractivity (Wildman–Crippen MR) is 124 cm³/mol. The molecule has 0 fully saturated rings. The lowest BCUT2D eigenvalue weighted by Crippen LogP contribution is -2.17. The lowest BCUT2D eigenvalue weighted by molar-refractivity contribution is 0.0955. The van der Waals surface area contributed by atoms with Crippen LogP contribution in [0.3, 0.4) is 0 Å². The van der Waals surface area contributed by atoms with Crippen LogP contribution in [-0.2, 0) is 6.61 Å². The van der Waals surface area contributed by atoms with Crippen LogP contribution in [-0.4, -0.2) is 12.1 Å². The van der Waals surface area contributed by atoms with Gasteiger partial charge in [-0.25, -0.2) is 5.43 Å². The van der Waals surface area contributed by atoms with Gasteiger partial charge in [0.05, 0.1) is 26.8 Å². The van der Waals surface area contributed by atoms with E-state index in [1.807, 2.05) is 31.2 Å².